The molecule has 2 N–H and O–H groups in total. The van der Waals surface area contributed by atoms with Gasteiger partial charge in [0.1, 0.15) is 0 Å². The van der Waals surface area contributed by atoms with Crippen LogP contribution in [0, 0.1) is 5.92 Å². The average molecular weight is 529 g/mol. The van der Waals surface area contributed by atoms with Gasteiger partial charge in [0.15, 0.2) is 0 Å². The summed E-state index contributed by atoms with van der Waals surface area (Å²) in [6.45, 7) is 12.6. The molecule has 0 aromatic heterocycles. The molecule has 2 heteroatoms. The van der Waals surface area contributed by atoms with Gasteiger partial charge < -0.3 is 10.6 Å². The summed E-state index contributed by atoms with van der Waals surface area (Å²) in [5.41, 5.74) is 2.91. The molecule has 0 fully saturated rings. The fraction of sp³-hybridized carbons (Fsp3) is 0.833. The van der Waals surface area contributed by atoms with Gasteiger partial charge in [-0.05, 0) is 62.2 Å². The van der Waals surface area contributed by atoms with Crippen LogP contribution < -0.4 is 10.6 Å². The molecular formula is C36H68N2. The minimum Gasteiger partial charge on any atom is -0.314 e. The smallest absolute Gasteiger partial charge is 0.0205 e. The van der Waals surface area contributed by atoms with Crippen LogP contribution in [-0.2, 0) is 13.0 Å². The Morgan fingerprint density at radius 1 is 0.526 bits per heavy atom. The van der Waals surface area contributed by atoms with Crippen LogP contribution in [0.15, 0.2) is 24.3 Å². The lowest BCUT2D eigenvalue weighted by atomic mass is 9.94. The van der Waals surface area contributed by atoms with Crippen molar-refractivity contribution in [3.8, 4) is 0 Å². The Hall–Kier alpha value is -0.860. The van der Waals surface area contributed by atoms with E-state index in [4.69, 9.17) is 0 Å². The van der Waals surface area contributed by atoms with Crippen LogP contribution in [0.4, 0.5) is 0 Å². The van der Waals surface area contributed by atoms with Crippen molar-refractivity contribution < 1.29 is 0 Å². The highest BCUT2D eigenvalue weighted by Crippen LogP contribution is 2.18. The third kappa shape index (κ3) is 20.1. The van der Waals surface area contributed by atoms with Gasteiger partial charge in [0, 0.05) is 12.6 Å². The second kappa shape index (κ2) is 26.4. The van der Waals surface area contributed by atoms with E-state index in [1.807, 2.05) is 0 Å². The van der Waals surface area contributed by atoms with Crippen LogP contribution in [0.1, 0.15) is 167 Å². The summed E-state index contributed by atoms with van der Waals surface area (Å²) in [6.07, 6.45) is 28.8. The van der Waals surface area contributed by atoms with Gasteiger partial charge in [0.25, 0.3) is 0 Å². The fourth-order valence-corrected chi connectivity index (χ4v) is 5.72. The van der Waals surface area contributed by atoms with Crippen molar-refractivity contribution in [1.29, 1.82) is 0 Å². The van der Waals surface area contributed by atoms with Crippen LogP contribution in [0.5, 0.6) is 0 Å². The van der Waals surface area contributed by atoms with Crippen molar-refractivity contribution in [2.75, 3.05) is 13.1 Å². The molecule has 0 saturated carbocycles. The van der Waals surface area contributed by atoms with Gasteiger partial charge in [-0.25, -0.2) is 0 Å². The SMILES string of the molecule is CCCCCCCC(CCCCC)CNCc1ccc(CCNC(CCCCC)CCCCCCC)cc1. The summed E-state index contributed by atoms with van der Waals surface area (Å²) in [7, 11) is 0. The van der Waals surface area contributed by atoms with Gasteiger partial charge in [0.05, 0.1) is 0 Å². The average Bonchev–Trinajstić information content (AvgIpc) is 2.93. The monoisotopic (exact) mass is 529 g/mol. The molecule has 0 amide bonds. The Balaban J connectivity index is 2.35. The van der Waals surface area contributed by atoms with Gasteiger partial charge in [-0.1, -0.05) is 155 Å². The lowest BCUT2D eigenvalue weighted by Gasteiger charge is -2.19. The first kappa shape index (κ1) is 35.2. The van der Waals surface area contributed by atoms with Gasteiger partial charge in [-0.3, -0.25) is 0 Å². The third-order valence-corrected chi connectivity index (χ3v) is 8.38. The molecule has 1 aromatic carbocycles. The minimum absolute atomic E-state index is 0.712. The van der Waals surface area contributed by atoms with Crippen LogP contribution >= 0.6 is 0 Å². The Bertz CT molecular complexity index is 543. The van der Waals surface area contributed by atoms with E-state index < -0.39 is 0 Å². The minimum atomic E-state index is 0.712. The summed E-state index contributed by atoms with van der Waals surface area (Å²) >= 11 is 0. The molecule has 1 aromatic rings. The standard InChI is InChI=1S/C36H68N2/c1-5-9-13-15-19-22-34(21-17-11-7-3)31-37-32-35-27-25-33(26-28-35)29-30-38-36(23-18-12-8-4)24-20-16-14-10-6-2/h25-28,34,36-38H,5-24,29-32H2,1-4H3. The molecule has 0 heterocycles. The highest BCUT2D eigenvalue weighted by atomic mass is 14.9. The van der Waals surface area contributed by atoms with Crippen molar-refractivity contribution in [2.45, 2.75) is 175 Å². The Labute approximate surface area is 239 Å². The number of nitrogens with one attached hydrogen (secondary N) is 2. The molecule has 38 heavy (non-hydrogen) atoms. The molecule has 222 valence electrons. The van der Waals surface area contributed by atoms with E-state index in [1.54, 1.807) is 0 Å². The maximum absolute atomic E-state index is 3.92. The van der Waals surface area contributed by atoms with Crippen molar-refractivity contribution in [1.82, 2.24) is 10.6 Å². The summed E-state index contributed by atoms with van der Waals surface area (Å²) in [5.74, 6) is 0.852. The first-order chi connectivity index (χ1) is 18.7. The Kier molecular flexibility index (Phi) is 24.4. The maximum Gasteiger partial charge on any atom is 0.0205 e. The normalized spacial score (nSPS) is 13.2. The van der Waals surface area contributed by atoms with Crippen molar-refractivity contribution in [2.24, 2.45) is 5.92 Å². The molecule has 0 radical (unpaired) electrons. The molecule has 2 atom stereocenters. The van der Waals surface area contributed by atoms with E-state index in [2.05, 4.69) is 62.6 Å². The maximum atomic E-state index is 3.92. The van der Waals surface area contributed by atoms with Gasteiger partial charge in [0.2, 0.25) is 0 Å². The molecule has 0 aliphatic carbocycles. The molecule has 0 aliphatic rings. The van der Waals surface area contributed by atoms with Gasteiger partial charge in [-0.15, -0.1) is 0 Å². The van der Waals surface area contributed by atoms with Crippen molar-refractivity contribution in [3.05, 3.63) is 35.4 Å². The fourth-order valence-electron chi connectivity index (χ4n) is 5.72. The van der Waals surface area contributed by atoms with E-state index in [1.165, 1.54) is 146 Å². The molecule has 0 saturated heterocycles. The van der Waals surface area contributed by atoms with Crippen LogP contribution in [0.25, 0.3) is 0 Å². The van der Waals surface area contributed by atoms with Crippen LogP contribution in [0.2, 0.25) is 0 Å². The summed E-state index contributed by atoms with van der Waals surface area (Å²) < 4.78 is 0. The molecule has 1 rings (SSSR count). The van der Waals surface area contributed by atoms with Crippen molar-refractivity contribution in [3.63, 3.8) is 0 Å². The lowest BCUT2D eigenvalue weighted by molar-refractivity contribution is 0.384. The van der Waals surface area contributed by atoms with E-state index in [0.29, 0.717) is 6.04 Å². The molecule has 0 bridgehead atoms. The topological polar surface area (TPSA) is 24.1 Å². The van der Waals surface area contributed by atoms with E-state index >= 15 is 0 Å². The highest BCUT2D eigenvalue weighted by molar-refractivity contribution is 5.22. The largest absolute Gasteiger partial charge is 0.314 e. The molecule has 2 nitrogen and oxygen atoms in total. The van der Waals surface area contributed by atoms with Crippen molar-refractivity contribution >= 4 is 0 Å². The van der Waals surface area contributed by atoms with Gasteiger partial charge >= 0.3 is 0 Å². The molecular weight excluding hydrogens is 460 g/mol. The number of unbranched alkanes of at least 4 members (excludes halogenated alkanes) is 12. The quantitative estimate of drug-likeness (QED) is 0.106. The van der Waals surface area contributed by atoms with E-state index in [9.17, 15) is 0 Å². The Morgan fingerprint density at radius 3 is 1.55 bits per heavy atom. The molecule has 0 aliphatic heterocycles. The predicted octanol–water partition coefficient (Wildman–Crippen LogP) is 10.8. The van der Waals surface area contributed by atoms with Crippen LogP contribution in [0.3, 0.4) is 0 Å². The second-order valence-corrected chi connectivity index (χ2v) is 12.1. The predicted molar refractivity (Wildman–Crippen MR) is 172 cm³/mol. The summed E-state index contributed by atoms with van der Waals surface area (Å²) in [5, 5.41) is 7.72. The number of hydrogen-bond donors (Lipinski definition) is 2. The first-order valence-electron chi connectivity index (χ1n) is 17.2. The zero-order valence-electron chi connectivity index (χ0n) is 26.4. The summed E-state index contributed by atoms with van der Waals surface area (Å²) in [6, 6.07) is 10.1. The lowest BCUT2D eigenvalue weighted by Crippen LogP contribution is -2.31. The van der Waals surface area contributed by atoms with Crippen LogP contribution in [-0.4, -0.2) is 19.1 Å². The highest BCUT2D eigenvalue weighted by Gasteiger charge is 2.10. The molecule has 0 spiro atoms. The zero-order valence-corrected chi connectivity index (χ0v) is 26.4. The molecule has 2 unspecified atom stereocenters. The number of rotatable bonds is 28. The van der Waals surface area contributed by atoms with E-state index in [0.717, 1.165) is 25.4 Å². The Morgan fingerprint density at radius 2 is 0.974 bits per heavy atom. The number of hydrogen-bond acceptors (Lipinski definition) is 2. The summed E-state index contributed by atoms with van der Waals surface area (Å²) in [4.78, 5) is 0. The second-order valence-electron chi connectivity index (χ2n) is 12.1. The number of benzene rings is 1. The zero-order chi connectivity index (χ0) is 27.5. The van der Waals surface area contributed by atoms with Gasteiger partial charge in [-0.2, -0.15) is 0 Å². The first-order valence-corrected chi connectivity index (χ1v) is 17.2. The van der Waals surface area contributed by atoms with E-state index in [-0.39, 0.29) is 0 Å². The third-order valence-electron chi connectivity index (χ3n) is 8.38.